The fourth-order valence-electron chi connectivity index (χ4n) is 4.15. The van der Waals surface area contributed by atoms with Crippen LogP contribution in [-0.4, -0.2) is 34.0 Å². The van der Waals surface area contributed by atoms with E-state index >= 15 is 0 Å². The lowest BCUT2D eigenvalue weighted by Gasteiger charge is -2.06. The van der Waals surface area contributed by atoms with E-state index in [1.807, 2.05) is 6.92 Å². The van der Waals surface area contributed by atoms with Gasteiger partial charge in [0.05, 0.1) is 18.5 Å². The number of carbonyl (C=O) groups excluding carboxylic acids is 1. The molecular formula is C25H22N4O3. The zero-order valence-electron chi connectivity index (χ0n) is 17.6. The number of hydrogen-bond donors (Lipinski definition) is 3. The summed E-state index contributed by atoms with van der Waals surface area (Å²) in [6.07, 6.45) is 3.62. The van der Waals surface area contributed by atoms with E-state index in [9.17, 15) is 9.90 Å². The number of hydrazone groups is 1. The summed E-state index contributed by atoms with van der Waals surface area (Å²) in [5, 5.41) is 23.4. The molecule has 1 aliphatic carbocycles. The van der Waals surface area contributed by atoms with Gasteiger partial charge >= 0.3 is 0 Å². The smallest absolute Gasteiger partial charge is 0.289 e. The normalized spacial score (nSPS) is 12.5. The van der Waals surface area contributed by atoms with Crippen molar-refractivity contribution >= 4 is 22.9 Å². The van der Waals surface area contributed by atoms with E-state index in [2.05, 4.69) is 51.1 Å². The summed E-state index contributed by atoms with van der Waals surface area (Å²) in [4.78, 5) is 12.5. The van der Waals surface area contributed by atoms with Gasteiger partial charge in [0.2, 0.25) is 0 Å². The third kappa shape index (κ3) is 3.58. The van der Waals surface area contributed by atoms with Gasteiger partial charge < -0.3 is 9.84 Å². The molecule has 1 amide bonds. The zero-order chi connectivity index (χ0) is 22.1. The Kier molecular flexibility index (Phi) is 5.07. The van der Waals surface area contributed by atoms with Crippen LogP contribution in [-0.2, 0) is 12.8 Å². The highest BCUT2D eigenvalue weighted by molar-refractivity contribution is 6.02. The number of rotatable bonds is 6. The average Bonchev–Trinajstić information content (AvgIpc) is 3.45. The van der Waals surface area contributed by atoms with Crippen LogP contribution in [0, 0.1) is 0 Å². The van der Waals surface area contributed by atoms with E-state index in [-0.39, 0.29) is 5.75 Å². The molecule has 1 aliphatic rings. The number of carbonyl (C=O) groups is 1. The fourth-order valence-corrected chi connectivity index (χ4v) is 4.15. The summed E-state index contributed by atoms with van der Waals surface area (Å²) in [5.41, 5.74) is 7.95. The molecule has 0 saturated heterocycles. The highest BCUT2D eigenvalue weighted by Gasteiger charge is 2.18. The van der Waals surface area contributed by atoms with Crippen LogP contribution >= 0.6 is 0 Å². The number of phenolic OH excluding ortho intramolecular Hbond substituents is 1. The van der Waals surface area contributed by atoms with Gasteiger partial charge in [-0.3, -0.25) is 9.89 Å². The second-order valence-corrected chi connectivity index (χ2v) is 7.64. The molecule has 32 heavy (non-hydrogen) atoms. The van der Waals surface area contributed by atoms with Gasteiger partial charge in [0.1, 0.15) is 5.69 Å². The number of benzene rings is 3. The number of hydrogen-bond acceptors (Lipinski definition) is 5. The molecule has 1 aromatic heterocycles. The maximum atomic E-state index is 12.5. The molecule has 3 aromatic carbocycles. The first-order valence-corrected chi connectivity index (χ1v) is 10.5. The molecule has 7 heteroatoms. The lowest BCUT2D eigenvalue weighted by Crippen LogP contribution is -2.18. The van der Waals surface area contributed by atoms with Gasteiger partial charge in [0.15, 0.2) is 11.5 Å². The van der Waals surface area contributed by atoms with Gasteiger partial charge in [-0.2, -0.15) is 10.2 Å². The molecule has 7 nitrogen and oxygen atoms in total. The molecule has 0 radical (unpaired) electrons. The second-order valence-electron chi connectivity index (χ2n) is 7.64. The first-order valence-electron chi connectivity index (χ1n) is 10.5. The van der Waals surface area contributed by atoms with Crippen LogP contribution in [0.4, 0.5) is 0 Å². The van der Waals surface area contributed by atoms with Crippen LogP contribution in [0.25, 0.3) is 22.0 Å². The second kappa shape index (κ2) is 8.19. The Morgan fingerprint density at radius 2 is 2.03 bits per heavy atom. The van der Waals surface area contributed by atoms with Crippen molar-refractivity contribution in [2.75, 3.05) is 6.61 Å². The van der Waals surface area contributed by atoms with Crippen LogP contribution in [0.5, 0.6) is 11.5 Å². The number of nitrogens with zero attached hydrogens (tertiary/aromatic N) is 2. The van der Waals surface area contributed by atoms with Gasteiger partial charge in [-0.1, -0.05) is 30.3 Å². The summed E-state index contributed by atoms with van der Waals surface area (Å²) >= 11 is 0. The molecule has 0 bridgehead atoms. The van der Waals surface area contributed by atoms with Crippen LogP contribution < -0.4 is 10.2 Å². The Bertz CT molecular complexity index is 1350. The lowest BCUT2D eigenvalue weighted by molar-refractivity contribution is 0.0950. The van der Waals surface area contributed by atoms with Crippen molar-refractivity contribution in [3.8, 4) is 22.8 Å². The Hall–Kier alpha value is -4.13. The number of aromatic amines is 1. The molecule has 5 rings (SSSR count). The highest BCUT2D eigenvalue weighted by atomic mass is 16.5. The number of aromatic nitrogens is 2. The van der Waals surface area contributed by atoms with E-state index in [0.29, 0.717) is 23.6 Å². The van der Waals surface area contributed by atoms with Gasteiger partial charge in [0.25, 0.3) is 5.91 Å². The van der Waals surface area contributed by atoms with Crippen LogP contribution in [0.15, 0.2) is 59.7 Å². The van der Waals surface area contributed by atoms with Gasteiger partial charge in [-0.15, -0.1) is 0 Å². The lowest BCUT2D eigenvalue weighted by atomic mass is 9.98. The monoisotopic (exact) mass is 426 g/mol. The largest absolute Gasteiger partial charge is 0.504 e. The van der Waals surface area contributed by atoms with Crippen molar-refractivity contribution in [1.82, 2.24) is 15.6 Å². The first kappa shape index (κ1) is 19.8. The summed E-state index contributed by atoms with van der Waals surface area (Å²) in [6, 6.07) is 17.2. The summed E-state index contributed by atoms with van der Waals surface area (Å²) in [6.45, 7) is 2.27. The molecule has 0 aliphatic heterocycles. The molecule has 0 spiro atoms. The molecule has 3 N–H and O–H groups in total. The van der Waals surface area contributed by atoms with E-state index < -0.39 is 5.91 Å². The number of H-pyrrole nitrogens is 1. The minimum atomic E-state index is -0.394. The number of aromatic hydroxyl groups is 1. The van der Waals surface area contributed by atoms with Crippen molar-refractivity contribution in [3.63, 3.8) is 0 Å². The average molecular weight is 426 g/mol. The topological polar surface area (TPSA) is 99.6 Å². The first-order chi connectivity index (χ1) is 15.6. The van der Waals surface area contributed by atoms with E-state index in [0.717, 1.165) is 29.5 Å². The van der Waals surface area contributed by atoms with Crippen molar-refractivity contribution in [2.45, 2.75) is 19.8 Å². The van der Waals surface area contributed by atoms with Crippen molar-refractivity contribution < 1.29 is 14.6 Å². The Morgan fingerprint density at radius 1 is 1.19 bits per heavy atom. The maximum Gasteiger partial charge on any atom is 0.289 e. The number of ether oxygens (including phenoxy) is 1. The van der Waals surface area contributed by atoms with Crippen molar-refractivity contribution in [3.05, 3.63) is 77.0 Å². The minimum absolute atomic E-state index is 0.0565. The Balaban J connectivity index is 1.34. The van der Waals surface area contributed by atoms with Gasteiger partial charge in [-0.05, 0) is 71.5 Å². The number of aryl methyl sites for hydroxylation is 2. The van der Waals surface area contributed by atoms with E-state index in [4.69, 9.17) is 4.74 Å². The zero-order valence-corrected chi connectivity index (χ0v) is 17.6. The molecular weight excluding hydrogens is 404 g/mol. The third-order valence-electron chi connectivity index (χ3n) is 5.64. The number of nitrogens with one attached hydrogen (secondary N) is 2. The highest BCUT2D eigenvalue weighted by Crippen LogP contribution is 2.36. The summed E-state index contributed by atoms with van der Waals surface area (Å²) in [7, 11) is 0. The molecule has 0 atom stereocenters. The molecule has 4 aromatic rings. The van der Waals surface area contributed by atoms with Gasteiger partial charge in [0, 0.05) is 5.56 Å². The van der Waals surface area contributed by atoms with Crippen molar-refractivity contribution in [1.29, 1.82) is 0 Å². The molecule has 0 saturated carbocycles. The Labute approximate surface area is 184 Å². The van der Waals surface area contributed by atoms with Crippen LogP contribution in [0.1, 0.15) is 34.1 Å². The molecule has 160 valence electrons. The van der Waals surface area contributed by atoms with E-state index in [1.54, 1.807) is 18.2 Å². The predicted molar refractivity (Wildman–Crippen MR) is 123 cm³/mol. The SMILES string of the molecule is CCOc1cc(/C=N/NC(=O)c2cc(-c3ccc4c5c(cccc35)CC4)n[nH]2)ccc1O. The van der Waals surface area contributed by atoms with Gasteiger partial charge in [-0.25, -0.2) is 5.43 Å². The standard InChI is InChI=1S/C25H22N4O3/c1-2-32-23-12-15(6-11-22(23)30)14-26-29-25(31)21-13-20(27-28-21)18-10-9-17-8-7-16-4-3-5-19(18)24(16)17/h3-6,9-14,30H,2,7-8H2,1H3,(H,27,28)(H,29,31)/b26-14+. The van der Waals surface area contributed by atoms with E-state index in [1.165, 1.54) is 28.8 Å². The molecule has 1 heterocycles. The predicted octanol–water partition coefficient (Wildman–Crippen LogP) is 4.20. The third-order valence-corrected chi connectivity index (χ3v) is 5.64. The Morgan fingerprint density at radius 3 is 2.88 bits per heavy atom. The van der Waals surface area contributed by atoms with Crippen molar-refractivity contribution in [2.24, 2.45) is 5.10 Å². The number of amides is 1. The minimum Gasteiger partial charge on any atom is -0.504 e. The quantitative estimate of drug-likeness (QED) is 0.318. The molecule has 0 fully saturated rings. The van der Waals surface area contributed by atoms with Crippen LogP contribution in [0.3, 0.4) is 0 Å². The summed E-state index contributed by atoms with van der Waals surface area (Å²) in [5.74, 6) is 0.0298. The summed E-state index contributed by atoms with van der Waals surface area (Å²) < 4.78 is 5.36. The maximum absolute atomic E-state index is 12.5. The molecule has 0 unspecified atom stereocenters. The fraction of sp³-hybridized carbons (Fsp3) is 0.160. The van der Waals surface area contributed by atoms with Crippen LogP contribution in [0.2, 0.25) is 0 Å². The number of phenols is 1.